The van der Waals surface area contributed by atoms with E-state index in [9.17, 15) is 14.9 Å². The predicted molar refractivity (Wildman–Crippen MR) is 107 cm³/mol. The summed E-state index contributed by atoms with van der Waals surface area (Å²) in [4.78, 5) is 24.2. The van der Waals surface area contributed by atoms with Crippen molar-refractivity contribution in [2.75, 3.05) is 20.1 Å². The fourth-order valence-electron chi connectivity index (χ4n) is 2.63. The van der Waals surface area contributed by atoms with Gasteiger partial charge in [-0.05, 0) is 55.8 Å². The van der Waals surface area contributed by atoms with Crippen molar-refractivity contribution in [1.82, 2.24) is 10.2 Å². The highest BCUT2D eigenvalue weighted by Gasteiger charge is 2.03. The van der Waals surface area contributed by atoms with E-state index in [0.717, 1.165) is 31.5 Å². The molecule has 0 spiro atoms. The van der Waals surface area contributed by atoms with Crippen LogP contribution in [0.4, 0.5) is 5.69 Å². The number of amides is 1. The molecule has 2 aromatic carbocycles. The largest absolute Gasteiger partial charge is 0.353 e. The molecule has 0 heterocycles. The fourth-order valence-corrected chi connectivity index (χ4v) is 2.63. The second kappa shape index (κ2) is 10.9. The van der Waals surface area contributed by atoms with Crippen molar-refractivity contribution < 1.29 is 9.72 Å². The highest BCUT2D eigenvalue weighted by atomic mass is 16.6. The van der Waals surface area contributed by atoms with Crippen molar-refractivity contribution in [2.45, 2.75) is 19.4 Å². The van der Waals surface area contributed by atoms with Crippen LogP contribution >= 0.6 is 0 Å². The maximum atomic E-state index is 11.8. The van der Waals surface area contributed by atoms with Crippen LogP contribution in [0.2, 0.25) is 0 Å². The summed E-state index contributed by atoms with van der Waals surface area (Å²) >= 11 is 0. The molecule has 0 atom stereocenters. The number of non-ortho nitro benzene ring substituents is 1. The summed E-state index contributed by atoms with van der Waals surface area (Å²) in [6.45, 7) is 2.52. The van der Waals surface area contributed by atoms with E-state index in [-0.39, 0.29) is 11.6 Å². The molecule has 6 heteroatoms. The molecule has 2 aromatic rings. The molecule has 0 unspecified atom stereocenters. The second-order valence-corrected chi connectivity index (χ2v) is 6.40. The van der Waals surface area contributed by atoms with Crippen LogP contribution in [-0.4, -0.2) is 35.9 Å². The summed E-state index contributed by atoms with van der Waals surface area (Å²) in [5, 5.41) is 13.5. The molecule has 0 aliphatic heterocycles. The summed E-state index contributed by atoms with van der Waals surface area (Å²) in [6, 6.07) is 16.4. The Morgan fingerprint density at radius 3 is 2.48 bits per heavy atom. The first-order valence-corrected chi connectivity index (χ1v) is 8.97. The van der Waals surface area contributed by atoms with Gasteiger partial charge < -0.3 is 10.2 Å². The number of nitrogens with zero attached hydrogens (tertiary/aromatic N) is 2. The molecule has 1 N–H and O–H groups in total. The average molecular weight is 367 g/mol. The normalized spacial score (nSPS) is 11.0. The average Bonchev–Trinajstić information content (AvgIpc) is 2.67. The summed E-state index contributed by atoms with van der Waals surface area (Å²) in [7, 11) is 2.10. The Hall–Kier alpha value is -2.99. The SMILES string of the molecule is CN(CCCCNC(=O)C=Cc1ccc([N+](=O)[O-])cc1)Cc1ccccc1. The molecule has 0 aliphatic carbocycles. The Balaban J connectivity index is 1.60. The monoisotopic (exact) mass is 367 g/mol. The number of nitro groups is 1. The van der Waals surface area contributed by atoms with Gasteiger partial charge in [0.25, 0.3) is 5.69 Å². The van der Waals surface area contributed by atoms with Gasteiger partial charge in [0.2, 0.25) is 5.91 Å². The maximum Gasteiger partial charge on any atom is 0.269 e. The van der Waals surface area contributed by atoms with Crippen LogP contribution in [-0.2, 0) is 11.3 Å². The van der Waals surface area contributed by atoms with Gasteiger partial charge in [-0.3, -0.25) is 14.9 Å². The molecule has 0 bridgehead atoms. The number of nitro benzene ring substituents is 1. The maximum absolute atomic E-state index is 11.8. The van der Waals surface area contributed by atoms with E-state index in [1.54, 1.807) is 18.2 Å². The van der Waals surface area contributed by atoms with Gasteiger partial charge >= 0.3 is 0 Å². The summed E-state index contributed by atoms with van der Waals surface area (Å²) < 4.78 is 0. The minimum absolute atomic E-state index is 0.0360. The number of carbonyl (C=O) groups excluding carboxylic acids is 1. The Labute approximate surface area is 159 Å². The lowest BCUT2D eigenvalue weighted by molar-refractivity contribution is -0.384. The van der Waals surface area contributed by atoms with Gasteiger partial charge in [-0.1, -0.05) is 30.3 Å². The van der Waals surface area contributed by atoms with E-state index in [1.165, 1.54) is 23.8 Å². The van der Waals surface area contributed by atoms with Crippen molar-refractivity contribution in [1.29, 1.82) is 0 Å². The summed E-state index contributed by atoms with van der Waals surface area (Å²) in [6.07, 6.45) is 5.02. The van der Waals surface area contributed by atoms with Crippen molar-refractivity contribution in [3.05, 3.63) is 81.9 Å². The molecule has 6 nitrogen and oxygen atoms in total. The van der Waals surface area contributed by atoms with Gasteiger partial charge in [-0.25, -0.2) is 0 Å². The lowest BCUT2D eigenvalue weighted by atomic mass is 10.2. The quantitative estimate of drug-likeness (QED) is 0.301. The highest BCUT2D eigenvalue weighted by molar-refractivity contribution is 5.91. The standard InChI is InChI=1S/C21H25N3O3/c1-23(17-19-7-3-2-4-8-19)16-6-5-15-22-21(25)14-11-18-9-12-20(13-10-18)24(26)27/h2-4,7-14H,5-6,15-17H2,1H3,(H,22,25). The number of hydrogen-bond donors (Lipinski definition) is 1. The van der Waals surface area contributed by atoms with Gasteiger partial charge in [-0.2, -0.15) is 0 Å². The molecule has 0 radical (unpaired) electrons. The predicted octanol–water partition coefficient (Wildman–Crippen LogP) is 3.64. The third-order valence-corrected chi connectivity index (χ3v) is 4.09. The minimum atomic E-state index is -0.447. The van der Waals surface area contributed by atoms with E-state index in [2.05, 4.69) is 29.4 Å². The Kier molecular flexibility index (Phi) is 8.19. The molecule has 0 fully saturated rings. The molecule has 0 aromatic heterocycles. The minimum Gasteiger partial charge on any atom is -0.353 e. The zero-order valence-electron chi connectivity index (χ0n) is 15.5. The molecular formula is C21H25N3O3. The van der Waals surface area contributed by atoms with Crippen LogP contribution in [0.3, 0.4) is 0 Å². The fraction of sp³-hybridized carbons (Fsp3) is 0.286. The summed E-state index contributed by atoms with van der Waals surface area (Å²) in [5.41, 5.74) is 2.08. The van der Waals surface area contributed by atoms with Crippen LogP contribution in [0.15, 0.2) is 60.7 Å². The van der Waals surface area contributed by atoms with Gasteiger partial charge in [0.1, 0.15) is 0 Å². The Morgan fingerprint density at radius 1 is 1.11 bits per heavy atom. The zero-order chi connectivity index (χ0) is 19.5. The Morgan fingerprint density at radius 2 is 1.81 bits per heavy atom. The first-order valence-electron chi connectivity index (χ1n) is 8.97. The van der Waals surface area contributed by atoms with Crippen molar-refractivity contribution >= 4 is 17.7 Å². The van der Waals surface area contributed by atoms with Crippen LogP contribution in [0, 0.1) is 10.1 Å². The van der Waals surface area contributed by atoms with Gasteiger partial charge in [0, 0.05) is 31.3 Å². The highest BCUT2D eigenvalue weighted by Crippen LogP contribution is 2.12. The molecule has 142 valence electrons. The third-order valence-electron chi connectivity index (χ3n) is 4.09. The topological polar surface area (TPSA) is 75.5 Å². The number of nitrogens with one attached hydrogen (secondary N) is 1. The smallest absolute Gasteiger partial charge is 0.269 e. The van der Waals surface area contributed by atoms with Crippen LogP contribution < -0.4 is 5.32 Å². The number of carbonyl (C=O) groups is 1. The molecule has 0 saturated heterocycles. The van der Waals surface area contributed by atoms with Crippen LogP contribution in [0.25, 0.3) is 6.08 Å². The first-order chi connectivity index (χ1) is 13.0. The molecule has 0 aliphatic rings. The second-order valence-electron chi connectivity index (χ2n) is 6.40. The number of rotatable bonds is 10. The number of unbranched alkanes of at least 4 members (excludes halogenated alkanes) is 1. The Bertz CT molecular complexity index is 758. The third kappa shape index (κ3) is 7.83. The molecule has 1 amide bonds. The van der Waals surface area contributed by atoms with E-state index in [4.69, 9.17) is 0 Å². The van der Waals surface area contributed by atoms with Crippen molar-refractivity contribution in [3.63, 3.8) is 0 Å². The summed E-state index contributed by atoms with van der Waals surface area (Å²) in [5.74, 6) is -0.161. The van der Waals surface area contributed by atoms with Crippen LogP contribution in [0.1, 0.15) is 24.0 Å². The number of hydrogen-bond acceptors (Lipinski definition) is 4. The lowest BCUT2D eigenvalue weighted by Crippen LogP contribution is -2.24. The number of benzene rings is 2. The zero-order valence-corrected chi connectivity index (χ0v) is 15.5. The van der Waals surface area contributed by atoms with E-state index in [0.29, 0.717) is 6.54 Å². The van der Waals surface area contributed by atoms with E-state index in [1.807, 2.05) is 18.2 Å². The molecular weight excluding hydrogens is 342 g/mol. The molecule has 2 rings (SSSR count). The van der Waals surface area contributed by atoms with Gasteiger partial charge in [0.15, 0.2) is 0 Å². The van der Waals surface area contributed by atoms with Crippen molar-refractivity contribution in [3.8, 4) is 0 Å². The molecule has 0 saturated carbocycles. The van der Waals surface area contributed by atoms with Crippen LogP contribution in [0.5, 0.6) is 0 Å². The van der Waals surface area contributed by atoms with Gasteiger partial charge in [-0.15, -0.1) is 0 Å². The van der Waals surface area contributed by atoms with Gasteiger partial charge in [0.05, 0.1) is 4.92 Å². The lowest BCUT2D eigenvalue weighted by Gasteiger charge is -2.16. The molecule has 27 heavy (non-hydrogen) atoms. The first kappa shape index (κ1) is 20.3. The van der Waals surface area contributed by atoms with Crippen molar-refractivity contribution in [2.24, 2.45) is 0 Å². The van der Waals surface area contributed by atoms with E-state index < -0.39 is 4.92 Å². The van der Waals surface area contributed by atoms with E-state index >= 15 is 0 Å².